The summed E-state index contributed by atoms with van der Waals surface area (Å²) in [6, 6.07) is 12.3. The van der Waals surface area contributed by atoms with Gasteiger partial charge in [-0.05, 0) is 62.2 Å². The summed E-state index contributed by atoms with van der Waals surface area (Å²) in [7, 11) is 1.65. The maximum atomic E-state index is 13.1. The number of rotatable bonds is 8. The Hall–Kier alpha value is -1.53. The lowest BCUT2D eigenvalue weighted by Crippen LogP contribution is -3.00. The van der Waals surface area contributed by atoms with Crippen LogP contribution in [0.5, 0.6) is 11.5 Å². The molecule has 4 nitrogen and oxygen atoms in total. The van der Waals surface area contributed by atoms with Gasteiger partial charge in [0.15, 0.2) is 11.5 Å². The fourth-order valence-electron chi connectivity index (χ4n) is 3.26. The van der Waals surface area contributed by atoms with Crippen molar-refractivity contribution in [2.24, 2.45) is 5.92 Å². The lowest BCUT2D eigenvalue weighted by molar-refractivity contribution is -0.001000. The third kappa shape index (κ3) is 7.13. The van der Waals surface area contributed by atoms with E-state index in [0.29, 0.717) is 12.4 Å². The van der Waals surface area contributed by atoms with Crippen LogP contribution < -0.4 is 44.9 Å². The van der Waals surface area contributed by atoms with Crippen LogP contribution in [0.2, 0.25) is 0 Å². The Bertz CT molecular complexity index is 695. The van der Waals surface area contributed by atoms with Crippen molar-refractivity contribution in [2.45, 2.75) is 26.0 Å². The first-order chi connectivity index (χ1) is 12.8. The Morgan fingerprint density at radius 1 is 1.07 bits per heavy atom. The highest BCUT2D eigenvalue weighted by Gasteiger charge is 2.14. The molecular weight excluding hydrogens is 402 g/mol. The van der Waals surface area contributed by atoms with Crippen molar-refractivity contribution in [1.29, 1.82) is 0 Å². The van der Waals surface area contributed by atoms with E-state index in [-0.39, 0.29) is 30.6 Å². The van der Waals surface area contributed by atoms with Gasteiger partial charge in [0.25, 0.3) is 0 Å². The van der Waals surface area contributed by atoms with Crippen LogP contribution in [-0.2, 0) is 13.2 Å². The molecule has 0 atom stereocenters. The topological polar surface area (TPSA) is 42.5 Å². The molecule has 0 saturated carbocycles. The summed E-state index contributed by atoms with van der Waals surface area (Å²) in [5, 5.41) is 6.95. The van der Waals surface area contributed by atoms with Crippen LogP contribution in [0.25, 0.3) is 0 Å². The highest BCUT2D eigenvalue weighted by molar-refractivity contribution is 5.46. The number of para-hydroxylation sites is 1. The number of hydrogen-bond acceptors (Lipinski definition) is 4. The monoisotopic (exact) mass is 428 g/mol. The van der Waals surface area contributed by atoms with Crippen LogP contribution >= 0.6 is 0 Å². The fraction of sp³-hybridized carbons (Fsp3) is 0.429. The van der Waals surface area contributed by atoms with Gasteiger partial charge in [0, 0.05) is 12.1 Å². The molecular formula is C21H27Cl2FN2O2-2. The Morgan fingerprint density at radius 3 is 2.46 bits per heavy atom. The van der Waals surface area contributed by atoms with Crippen molar-refractivity contribution >= 4 is 0 Å². The van der Waals surface area contributed by atoms with Gasteiger partial charge in [-0.15, -0.1) is 0 Å². The van der Waals surface area contributed by atoms with E-state index in [2.05, 4.69) is 16.7 Å². The maximum Gasteiger partial charge on any atom is 0.166 e. The minimum Gasteiger partial charge on any atom is -1.00 e. The summed E-state index contributed by atoms with van der Waals surface area (Å²) in [6.07, 6.45) is 2.44. The van der Waals surface area contributed by atoms with Gasteiger partial charge in [0.1, 0.15) is 12.4 Å². The van der Waals surface area contributed by atoms with E-state index in [0.717, 1.165) is 49.0 Å². The Morgan fingerprint density at radius 2 is 1.79 bits per heavy atom. The Labute approximate surface area is 179 Å². The first kappa shape index (κ1) is 24.5. The zero-order valence-corrected chi connectivity index (χ0v) is 17.5. The van der Waals surface area contributed by atoms with Crippen LogP contribution in [0.3, 0.4) is 0 Å². The Balaban J connectivity index is 0.00000196. The molecule has 1 fully saturated rings. The van der Waals surface area contributed by atoms with Crippen LogP contribution in [-0.4, -0.2) is 26.7 Å². The lowest BCUT2D eigenvalue weighted by atomic mass is 9.98. The van der Waals surface area contributed by atoms with Gasteiger partial charge < -0.3 is 44.9 Å². The van der Waals surface area contributed by atoms with Crippen molar-refractivity contribution < 1.29 is 38.7 Å². The summed E-state index contributed by atoms with van der Waals surface area (Å²) in [5.41, 5.74) is 1.99. The predicted octanol–water partition coefficient (Wildman–Crippen LogP) is -2.49. The van der Waals surface area contributed by atoms with Gasteiger partial charge >= 0.3 is 0 Å². The molecule has 1 saturated heterocycles. The first-order valence-electron chi connectivity index (χ1n) is 9.21. The summed E-state index contributed by atoms with van der Waals surface area (Å²) in [5.74, 6) is 1.95. The van der Waals surface area contributed by atoms with Crippen molar-refractivity contribution in [2.75, 3.05) is 26.7 Å². The SMILES string of the molecule is COc1cccc(CNCC2CCNCC2)c1OCc1ccc(F)cc1.[Cl-].[Cl-]. The standard InChI is InChI=1S/C21H27FN2O2.2ClH/c1-25-20-4-2-3-18(14-24-13-16-9-11-23-12-10-16)21(20)26-15-17-5-7-19(22)8-6-17;;/h2-8,16,23-24H,9-15H2,1H3;2*1H/p-2. The molecule has 0 unspecified atom stereocenters. The third-order valence-corrected chi connectivity index (χ3v) is 4.78. The molecule has 1 heterocycles. The van der Waals surface area contributed by atoms with Crippen molar-refractivity contribution in [3.8, 4) is 11.5 Å². The van der Waals surface area contributed by atoms with E-state index < -0.39 is 0 Å². The number of piperidine rings is 1. The molecule has 0 spiro atoms. The van der Waals surface area contributed by atoms with E-state index in [4.69, 9.17) is 9.47 Å². The highest BCUT2D eigenvalue weighted by atomic mass is 35.5. The van der Waals surface area contributed by atoms with Crippen LogP contribution in [0.1, 0.15) is 24.0 Å². The molecule has 2 aromatic carbocycles. The molecule has 0 aliphatic carbocycles. The van der Waals surface area contributed by atoms with Gasteiger partial charge in [-0.3, -0.25) is 0 Å². The summed E-state index contributed by atoms with van der Waals surface area (Å²) < 4.78 is 24.6. The minimum absolute atomic E-state index is 0. The van der Waals surface area contributed by atoms with E-state index in [9.17, 15) is 4.39 Å². The minimum atomic E-state index is -0.242. The lowest BCUT2D eigenvalue weighted by Gasteiger charge is -2.23. The largest absolute Gasteiger partial charge is 1.00 e. The highest BCUT2D eigenvalue weighted by Crippen LogP contribution is 2.32. The van der Waals surface area contributed by atoms with Gasteiger partial charge in [-0.1, -0.05) is 24.3 Å². The van der Waals surface area contributed by atoms with Crippen molar-refractivity contribution in [1.82, 2.24) is 10.6 Å². The van der Waals surface area contributed by atoms with Crippen LogP contribution in [0, 0.1) is 11.7 Å². The number of halogens is 3. The zero-order valence-electron chi connectivity index (χ0n) is 16.0. The number of ether oxygens (including phenoxy) is 2. The molecule has 1 aliphatic rings. The average molecular weight is 429 g/mol. The normalized spacial score (nSPS) is 13.9. The molecule has 2 N–H and O–H groups in total. The summed E-state index contributed by atoms with van der Waals surface area (Å²) in [6.45, 7) is 4.34. The second kappa shape index (κ2) is 12.8. The van der Waals surface area contributed by atoms with Gasteiger partial charge in [0.05, 0.1) is 7.11 Å². The van der Waals surface area contributed by atoms with Crippen molar-refractivity contribution in [3.05, 3.63) is 59.4 Å². The molecule has 7 heteroatoms. The van der Waals surface area contributed by atoms with Crippen molar-refractivity contribution in [3.63, 3.8) is 0 Å². The zero-order chi connectivity index (χ0) is 18.2. The second-order valence-electron chi connectivity index (χ2n) is 6.69. The first-order valence-corrected chi connectivity index (χ1v) is 9.21. The second-order valence-corrected chi connectivity index (χ2v) is 6.69. The number of hydrogen-bond donors (Lipinski definition) is 2. The number of methoxy groups -OCH3 is 1. The fourth-order valence-corrected chi connectivity index (χ4v) is 3.26. The molecule has 156 valence electrons. The predicted molar refractivity (Wildman–Crippen MR) is 101 cm³/mol. The maximum absolute atomic E-state index is 13.1. The number of benzene rings is 2. The van der Waals surface area contributed by atoms with E-state index in [1.165, 1.54) is 25.0 Å². The molecule has 0 amide bonds. The van der Waals surface area contributed by atoms with Crippen LogP contribution in [0.4, 0.5) is 4.39 Å². The Kier molecular flexibility index (Phi) is 11.2. The van der Waals surface area contributed by atoms with E-state index >= 15 is 0 Å². The van der Waals surface area contributed by atoms with Crippen LogP contribution in [0.15, 0.2) is 42.5 Å². The van der Waals surface area contributed by atoms with Gasteiger partial charge in [0.2, 0.25) is 0 Å². The summed E-state index contributed by atoms with van der Waals surface area (Å²) >= 11 is 0. The molecule has 0 aromatic heterocycles. The average Bonchev–Trinajstić information content (AvgIpc) is 2.69. The van der Waals surface area contributed by atoms with E-state index in [1.54, 1.807) is 19.2 Å². The molecule has 2 aromatic rings. The molecule has 28 heavy (non-hydrogen) atoms. The quantitative estimate of drug-likeness (QED) is 0.488. The molecule has 1 aliphatic heterocycles. The van der Waals surface area contributed by atoms with Gasteiger partial charge in [-0.25, -0.2) is 4.39 Å². The van der Waals surface area contributed by atoms with Gasteiger partial charge in [-0.2, -0.15) is 0 Å². The third-order valence-electron chi connectivity index (χ3n) is 4.78. The smallest absolute Gasteiger partial charge is 0.166 e. The van der Waals surface area contributed by atoms with E-state index in [1.807, 2.05) is 12.1 Å². The summed E-state index contributed by atoms with van der Waals surface area (Å²) in [4.78, 5) is 0. The molecule has 0 radical (unpaired) electrons. The molecule has 0 bridgehead atoms. The number of nitrogens with one attached hydrogen (secondary N) is 2. The molecule has 3 rings (SSSR count).